The van der Waals surface area contributed by atoms with E-state index in [2.05, 4.69) is 35.7 Å². The number of rotatable bonds is 5. The maximum Gasteiger partial charge on any atom is 0.0621 e. The van der Waals surface area contributed by atoms with Gasteiger partial charge in [0.25, 0.3) is 0 Å². The fourth-order valence-electron chi connectivity index (χ4n) is 2.51. The molecular weight excluding hydrogens is 208 g/mol. The van der Waals surface area contributed by atoms with E-state index in [-0.39, 0.29) is 0 Å². The van der Waals surface area contributed by atoms with Crippen LogP contribution in [0.5, 0.6) is 0 Å². The molecule has 1 aliphatic rings. The number of hydrogen-bond donors (Lipinski definition) is 1. The molecule has 1 atom stereocenters. The monoisotopic (exact) mass is 228 g/mol. The van der Waals surface area contributed by atoms with Crippen molar-refractivity contribution in [3.63, 3.8) is 0 Å². The van der Waals surface area contributed by atoms with Gasteiger partial charge in [0, 0.05) is 12.5 Å². The van der Waals surface area contributed by atoms with Crippen molar-refractivity contribution in [2.75, 3.05) is 6.54 Å². The second-order valence-corrected chi connectivity index (χ2v) is 4.78. The zero-order valence-electron chi connectivity index (χ0n) is 10.3. The zero-order valence-corrected chi connectivity index (χ0v) is 10.3. The smallest absolute Gasteiger partial charge is 0.0621 e. The molecule has 1 aromatic rings. The summed E-state index contributed by atoms with van der Waals surface area (Å²) in [6.45, 7) is 1.05. The molecule has 17 heavy (non-hydrogen) atoms. The molecule has 0 aliphatic heterocycles. The number of fused-ring (bicyclic) bond motifs is 1. The Kier molecular flexibility index (Phi) is 4.58. The summed E-state index contributed by atoms with van der Waals surface area (Å²) >= 11 is 0. The van der Waals surface area contributed by atoms with Gasteiger partial charge in [-0.3, -0.25) is 0 Å². The van der Waals surface area contributed by atoms with Gasteiger partial charge in [0.1, 0.15) is 0 Å². The number of nitriles is 1. The van der Waals surface area contributed by atoms with Gasteiger partial charge in [-0.05, 0) is 49.8 Å². The summed E-state index contributed by atoms with van der Waals surface area (Å²) in [5.74, 6) is 0. The first-order chi connectivity index (χ1) is 8.40. The Morgan fingerprint density at radius 3 is 2.88 bits per heavy atom. The molecule has 1 aliphatic carbocycles. The van der Waals surface area contributed by atoms with Crippen LogP contribution < -0.4 is 5.32 Å². The number of aryl methyl sites for hydroxylation is 1. The van der Waals surface area contributed by atoms with Crippen LogP contribution in [0, 0.1) is 11.3 Å². The fourth-order valence-corrected chi connectivity index (χ4v) is 2.51. The summed E-state index contributed by atoms with van der Waals surface area (Å²) in [4.78, 5) is 0. The summed E-state index contributed by atoms with van der Waals surface area (Å²) in [5.41, 5.74) is 3.03. The maximum atomic E-state index is 8.45. The van der Waals surface area contributed by atoms with E-state index in [0.29, 0.717) is 12.5 Å². The molecule has 0 amide bonds. The second-order valence-electron chi connectivity index (χ2n) is 4.78. The molecule has 0 spiro atoms. The van der Waals surface area contributed by atoms with Crippen molar-refractivity contribution in [2.45, 2.75) is 44.6 Å². The highest BCUT2D eigenvalue weighted by Crippen LogP contribution is 2.20. The molecule has 90 valence electrons. The molecule has 0 saturated carbocycles. The van der Waals surface area contributed by atoms with E-state index >= 15 is 0 Å². The van der Waals surface area contributed by atoms with E-state index in [1.807, 2.05) is 0 Å². The van der Waals surface area contributed by atoms with Gasteiger partial charge in [-0.2, -0.15) is 5.26 Å². The Morgan fingerprint density at radius 2 is 2.06 bits per heavy atom. The van der Waals surface area contributed by atoms with Crippen molar-refractivity contribution in [1.82, 2.24) is 5.32 Å². The first-order valence-electron chi connectivity index (χ1n) is 6.57. The standard InChI is InChI=1S/C15H20N2/c16-10-4-1-5-11-17-15-9-8-13-6-2-3-7-14(13)12-15/h2-3,6-7,15,17H,1,4-5,8-9,11-12H2. The van der Waals surface area contributed by atoms with Gasteiger partial charge in [0.15, 0.2) is 0 Å². The predicted molar refractivity (Wildman–Crippen MR) is 69.7 cm³/mol. The predicted octanol–water partition coefficient (Wildman–Crippen LogP) is 2.83. The third-order valence-corrected chi connectivity index (χ3v) is 3.50. The topological polar surface area (TPSA) is 35.8 Å². The lowest BCUT2D eigenvalue weighted by molar-refractivity contribution is 0.451. The lowest BCUT2D eigenvalue weighted by Crippen LogP contribution is -2.35. The SMILES string of the molecule is N#CCCCCNC1CCc2ccccc2C1. The van der Waals surface area contributed by atoms with Gasteiger partial charge in [-0.1, -0.05) is 24.3 Å². The minimum absolute atomic E-state index is 0.631. The molecule has 0 saturated heterocycles. The third kappa shape index (κ3) is 3.57. The Labute approximate surface area is 104 Å². The molecule has 2 heteroatoms. The lowest BCUT2D eigenvalue weighted by Gasteiger charge is -2.25. The first-order valence-corrected chi connectivity index (χ1v) is 6.57. The summed E-state index contributed by atoms with van der Waals surface area (Å²) < 4.78 is 0. The molecule has 0 fully saturated rings. The van der Waals surface area contributed by atoms with Crippen LogP contribution in [0.15, 0.2) is 24.3 Å². The number of nitrogens with one attached hydrogen (secondary N) is 1. The maximum absolute atomic E-state index is 8.45. The van der Waals surface area contributed by atoms with Crippen LogP contribution in [0.4, 0.5) is 0 Å². The van der Waals surface area contributed by atoms with Crippen LogP contribution >= 0.6 is 0 Å². The highest BCUT2D eigenvalue weighted by molar-refractivity contribution is 5.30. The van der Waals surface area contributed by atoms with E-state index in [0.717, 1.165) is 25.8 Å². The summed E-state index contributed by atoms with van der Waals surface area (Å²) in [5, 5.41) is 12.1. The molecule has 2 nitrogen and oxygen atoms in total. The Morgan fingerprint density at radius 1 is 1.24 bits per heavy atom. The van der Waals surface area contributed by atoms with Crippen LogP contribution in [0.2, 0.25) is 0 Å². The fraction of sp³-hybridized carbons (Fsp3) is 0.533. The first kappa shape index (κ1) is 12.1. The van der Waals surface area contributed by atoms with Crippen molar-refractivity contribution >= 4 is 0 Å². The van der Waals surface area contributed by atoms with Crippen LogP contribution in [-0.4, -0.2) is 12.6 Å². The van der Waals surface area contributed by atoms with Crippen LogP contribution in [0.3, 0.4) is 0 Å². The van der Waals surface area contributed by atoms with Crippen molar-refractivity contribution in [3.8, 4) is 6.07 Å². The van der Waals surface area contributed by atoms with Gasteiger partial charge >= 0.3 is 0 Å². The molecule has 0 heterocycles. The summed E-state index contributed by atoms with van der Waals surface area (Å²) in [6.07, 6.45) is 6.43. The Hall–Kier alpha value is -1.33. The molecule has 0 radical (unpaired) electrons. The highest BCUT2D eigenvalue weighted by atomic mass is 14.9. The highest BCUT2D eigenvalue weighted by Gasteiger charge is 2.16. The van der Waals surface area contributed by atoms with Crippen molar-refractivity contribution in [1.29, 1.82) is 5.26 Å². The van der Waals surface area contributed by atoms with Crippen LogP contribution in [0.25, 0.3) is 0 Å². The van der Waals surface area contributed by atoms with Gasteiger partial charge < -0.3 is 5.32 Å². The molecule has 2 rings (SSSR count). The van der Waals surface area contributed by atoms with E-state index in [1.165, 1.54) is 24.0 Å². The third-order valence-electron chi connectivity index (χ3n) is 3.50. The molecule has 0 bridgehead atoms. The summed E-state index contributed by atoms with van der Waals surface area (Å²) in [6, 6.07) is 11.6. The summed E-state index contributed by atoms with van der Waals surface area (Å²) in [7, 11) is 0. The van der Waals surface area contributed by atoms with Gasteiger partial charge in [0.2, 0.25) is 0 Å². The number of benzene rings is 1. The minimum Gasteiger partial charge on any atom is -0.314 e. The molecule has 0 aromatic heterocycles. The molecular formula is C15H20N2. The van der Waals surface area contributed by atoms with E-state index < -0.39 is 0 Å². The average Bonchev–Trinajstić information content (AvgIpc) is 2.38. The van der Waals surface area contributed by atoms with E-state index in [1.54, 1.807) is 0 Å². The van der Waals surface area contributed by atoms with E-state index in [4.69, 9.17) is 5.26 Å². The zero-order chi connectivity index (χ0) is 11.9. The van der Waals surface area contributed by atoms with E-state index in [9.17, 15) is 0 Å². The van der Waals surface area contributed by atoms with Crippen molar-refractivity contribution < 1.29 is 0 Å². The van der Waals surface area contributed by atoms with Crippen molar-refractivity contribution in [3.05, 3.63) is 35.4 Å². The number of unbranched alkanes of at least 4 members (excludes halogenated alkanes) is 2. The average molecular weight is 228 g/mol. The normalized spacial score (nSPS) is 18.4. The van der Waals surface area contributed by atoms with Gasteiger partial charge in [0.05, 0.1) is 6.07 Å². The van der Waals surface area contributed by atoms with Crippen LogP contribution in [-0.2, 0) is 12.8 Å². The quantitative estimate of drug-likeness (QED) is 0.787. The lowest BCUT2D eigenvalue weighted by atomic mass is 9.88. The Balaban J connectivity index is 1.73. The second kappa shape index (κ2) is 6.42. The molecule has 1 aromatic carbocycles. The van der Waals surface area contributed by atoms with Crippen molar-refractivity contribution in [2.24, 2.45) is 0 Å². The Bertz CT molecular complexity index is 392. The number of hydrogen-bond acceptors (Lipinski definition) is 2. The largest absolute Gasteiger partial charge is 0.314 e. The molecule has 1 N–H and O–H groups in total. The number of nitrogens with zero attached hydrogens (tertiary/aromatic N) is 1. The van der Waals surface area contributed by atoms with Gasteiger partial charge in [-0.15, -0.1) is 0 Å². The minimum atomic E-state index is 0.631. The molecule has 1 unspecified atom stereocenters. The van der Waals surface area contributed by atoms with Crippen LogP contribution in [0.1, 0.15) is 36.8 Å². The van der Waals surface area contributed by atoms with Gasteiger partial charge in [-0.25, -0.2) is 0 Å².